The highest BCUT2D eigenvalue weighted by Crippen LogP contribution is 2.21. The summed E-state index contributed by atoms with van der Waals surface area (Å²) in [5.41, 5.74) is 0. The molecule has 0 aliphatic carbocycles. The molecule has 1 heterocycles. The van der Waals surface area contributed by atoms with Crippen LogP contribution in [0.2, 0.25) is 0 Å². The zero-order chi connectivity index (χ0) is 15.8. The van der Waals surface area contributed by atoms with Crippen molar-refractivity contribution in [3.05, 3.63) is 0 Å². The first kappa shape index (κ1) is 17.3. The summed E-state index contributed by atoms with van der Waals surface area (Å²) in [5.74, 6) is -1.96. The fourth-order valence-electron chi connectivity index (χ4n) is 2.68. The molecule has 1 rings (SSSR count). The van der Waals surface area contributed by atoms with Gasteiger partial charge in [-0.25, -0.2) is 9.59 Å². The molecule has 0 aromatic heterocycles. The normalized spacial score (nSPS) is 20.4. The maximum Gasteiger partial charge on any atom is 0.326 e. The summed E-state index contributed by atoms with van der Waals surface area (Å²) in [6, 6.07) is -1.87. The number of carboxylic acids is 2. The molecule has 2 atom stereocenters. The molecule has 21 heavy (non-hydrogen) atoms. The average molecular weight is 300 g/mol. The van der Waals surface area contributed by atoms with Crippen LogP contribution in [0.5, 0.6) is 0 Å². The quantitative estimate of drug-likeness (QED) is 0.689. The largest absolute Gasteiger partial charge is 0.481 e. The number of carboxylic acid groups (broad SMARTS) is 2. The van der Waals surface area contributed by atoms with Crippen LogP contribution < -0.4 is 5.32 Å². The molecular formula is C14H24N2O5. The van der Waals surface area contributed by atoms with E-state index in [0.29, 0.717) is 19.0 Å². The van der Waals surface area contributed by atoms with Gasteiger partial charge in [0.05, 0.1) is 6.42 Å². The second-order valence-corrected chi connectivity index (χ2v) is 5.51. The van der Waals surface area contributed by atoms with Crippen LogP contribution in [0.4, 0.5) is 4.79 Å². The number of likely N-dealkylation sites (tertiary alicyclic amines) is 1. The van der Waals surface area contributed by atoms with E-state index >= 15 is 0 Å². The van der Waals surface area contributed by atoms with Crippen LogP contribution in [0.1, 0.15) is 45.4 Å². The lowest BCUT2D eigenvalue weighted by molar-refractivity contribution is -0.145. The Bertz CT molecular complexity index is 386. The second kappa shape index (κ2) is 8.49. The average Bonchev–Trinajstić information content (AvgIpc) is 2.63. The molecule has 0 bridgehead atoms. The molecule has 1 unspecified atom stereocenters. The van der Waals surface area contributed by atoms with Gasteiger partial charge >= 0.3 is 18.0 Å². The molecule has 0 radical (unpaired) electrons. The van der Waals surface area contributed by atoms with E-state index in [9.17, 15) is 14.4 Å². The van der Waals surface area contributed by atoms with Crippen LogP contribution >= 0.6 is 0 Å². The van der Waals surface area contributed by atoms with Crippen LogP contribution in [0.3, 0.4) is 0 Å². The molecule has 1 aliphatic rings. The number of hydrogen-bond donors (Lipinski definition) is 3. The highest BCUT2D eigenvalue weighted by molar-refractivity contribution is 5.86. The molecular weight excluding hydrogens is 276 g/mol. The first-order valence-electron chi connectivity index (χ1n) is 7.44. The molecule has 0 aromatic rings. The van der Waals surface area contributed by atoms with Gasteiger partial charge in [-0.2, -0.15) is 0 Å². The number of carbonyl (C=O) groups is 3. The minimum Gasteiger partial charge on any atom is -0.481 e. The Hall–Kier alpha value is -1.79. The molecule has 1 saturated heterocycles. The van der Waals surface area contributed by atoms with Crippen LogP contribution in [0.15, 0.2) is 0 Å². The molecule has 0 aromatic carbocycles. The Labute approximate surface area is 124 Å². The number of amides is 2. The maximum absolute atomic E-state index is 12.1. The van der Waals surface area contributed by atoms with E-state index in [1.54, 1.807) is 4.90 Å². The van der Waals surface area contributed by atoms with Crippen LogP contribution in [-0.4, -0.2) is 52.2 Å². The number of nitrogens with one attached hydrogen (secondary N) is 1. The zero-order valence-corrected chi connectivity index (χ0v) is 12.4. The third kappa shape index (κ3) is 6.01. The minimum absolute atomic E-state index is 0.485. The first-order valence-corrected chi connectivity index (χ1v) is 7.44. The summed E-state index contributed by atoms with van der Waals surface area (Å²) in [7, 11) is 0. The van der Waals surface area contributed by atoms with E-state index in [-0.39, 0.29) is 0 Å². The van der Waals surface area contributed by atoms with Crippen molar-refractivity contribution >= 4 is 18.0 Å². The number of hydrogen-bond acceptors (Lipinski definition) is 3. The first-order chi connectivity index (χ1) is 9.93. The Kier molecular flexibility index (Phi) is 6.98. The standard InChI is InChI=1S/C14H24N2O5/c1-2-4-10-5-3-7-16(8-6-10)14(21)15-11(13(19)20)9-12(17)18/h10-11H,2-9H2,1H3,(H,15,21)(H,17,18)(H,19,20)/t10?,11-/m1/s1. The van der Waals surface area contributed by atoms with Gasteiger partial charge in [0.25, 0.3) is 0 Å². The van der Waals surface area contributed by atoms with Crippen molar-refractivity contribution in [2.24, 2.45) is 5.92 Å². The van der Waals surface area contributed by atoms with Gasteiger partial charge in [0, 0.05) is 13.1 Å². The lowest BCUT2D eigenvalue weighted by Crippen LogP contribution is -2.49. The van der Waals surface area contributed by atoms with Crippen LogP contribution in [0, 0.1) is 5.92 Å². The minimum atomic E-state index is -1.38. The highest BCUT2D eigenvalue weighted by Gasteiger charge is 2.26. The third-order valence-electron chi connectivity index (χ3n) is 3.81. The Balaban J connectivity index is 2.53. The Morgan fingerprint density at radius 3 is 2.52 bits per heavy atom. The van der Waals surface area contributed by atoms with E-state index in [0.717, 1.165) is 32.1 Å². The van der Waals surface area contributed by atoms with Crippen LogP contribution in [0.25, 0.3) is 0 Å². The fourth-order valence-corrected chi connectivity index (χ4v) is 2.68. The molecule has 0 saturated carbocycles. The van der Waals surface area contributed by atoms with Gasteiger partial charge in [-0.1, -0.05) is 19.8 Å². The summed E-state index contributed by atoms with van der Waals surface area (Å²) in [6.07, 6.45) is 4.54. The SMILES string of the molecule is CCCC1CCCN(C(=O)N[C@H](CC(=O)O)C(=O)O)CC1. The summed E-state index contributed by atoms with van der Waals surface area (Å²) in [5, 5.41) is 19.9. The number of aliphatic carboxylic acids is 2. The number of rotatable bonds is 6. The second-order valence-electron chi connectivity index (χ2n) is 5.51. The van der Waals surface area contributed by atoms with E-state index in [4.69, 9.17) is 10.2 Å². The van der Waals surface area contributed by atoms with Crippen molar-refractivity contribution in [1.82, 2.24) is 10.2 Å². The predicted octanol–water partition coefficient (Wildman–Crippen LogP) is 1.53. The van der Waals surface area contributed by atoms with Crippen molar-refractivity contribution in [1.29, 1.82) is 0 Å². The molecule has 120 valence electrons. The monoisotopic (exact) mass is 300 g/mol. The molecule has 2 amide bonds. The summed E-state index contributed by atoms with van der Waals surface area (Å²) in [4.78, 5) is 35.2. The molecule has 1 aliphatic heterocycles. The van der Waals surface area contributed by atoms with Crippen molar-refractivity contribution in [2.45, 2.75) is 51.5 Å². The predicted molar refractivity (Wildman–Crippen MR) is 76.0 cm³/mol. The van der Waals surface area contributed by atoms with Crippen molar-refractivity contribution < 1.29 is 24.6 Å². The topological polar surface area (TPSA) is 107 Å². The highest BCUT2D eigenvalue weighted by atomic mass is 16.4. The fraction of sp³-hybridized carbons (Fsp3) is 0.786. The lowest BCUT2D eigenvalue weighted by Gasteiger charge is -2.23. The summed E-state index contributed by atoms with van der Waals surface area (Å²) >= 11 is 0. The number of urea groups is 1. The smallest absolute Gasteiger partial charge is 0.326 e. The van der Waals surface area contributed by atoms with Gasteiger partial charge in [-0.05, 0) is 25.2 Å². The molecule has 1 fully saturated rings. The van der Waals surface area contributed by atoms with Gasteiger partial charge < -0.3 is 20.4 Å². The molecule has 3 N–H and O–H groups in total. The van der Waals surface area contributed by atoms with E-state index in [1.165, 1.54) is 0 Å². The van der Waals surface area contributed by atoms with E-state index < -0.39 is 30.4 Å². The van der Waals surface area contributed by atoms with E-state index in [2.05, 4.69) is 12.2 Å². The summed E-state index contributed by atoms with van der Waals surface area (Å²) < 4.78 is 0. The van der Waals surface area contributed by atoms with Gasteiger partial charge in [0.15, 0.2) is 0 Å². The maximum atomic E-state index is 12.1. The molecule has 7 nitrogen and oxygen atoms in total. The Morgan fingerprint density at radius 2 is 1.95 bits per heavy atom. The van der Waals surface area contributed by atoms with Crippen LogP contribution in [-0.2, 0) is 9.59 Å². The van der Waals surface area contributed by atoms with Gasteiger partial charge in [-0.15, -0.1) is 0 Å². The van der Waals surface area contributed by atoms with Gasteiger partial charge in [0.1, 0.15) is 6.04 Å². The number of nitrogens with zero attached hydrogens (tertiary/aromatic N) is 1. The number of carbonyl (C=O) groups excluding carboxylic acids is 1. The van der Waals surface area contributed by atoms with Crippen molar-refractivity contribution in [3.63, 3.8) is 0 Å². The molecule has 7 heteroatoms. The molecule has 0 spiro atoms. The third-order valence-corrected chi connectivity index (χ3v) is 3.81. The van der Waals surface area contributed by atoms with E-state index in [1.807, 2.05) is 0 Å². The zero-order valence-electron chi connectivity index (χ0n) is 12.4. The lowest BCUT2D eigenvalue weighted by atomic mass is 9.96. The van der Waals surface area contributed by atoms with Gasteiger partial charge in [0.2, 0.25) is 0 Å². The van der Waals surface area contributed by atoms with Crippen molar-refractivity contribution in [3.8, 4) is 0 Å². The van der Waals surface area contributed by atoms with Crippen molar-refractivity contribution in [2.75, 3.05) is 13.1 Å². The Morgan fingerprint density at radius 1 is 1.24 bits per heavy atom. The van der Waals surface area contributed by atoms with Gasteiger partial charge in [-0.3, -0.25) is 4.79 Å². The summed E-state index contributed by atoms with van der Waals surface area (Å²) in [6.45, 7) is 3.32.